The van der Waals surface area contributed by atoms with Gasteiger partial charge in [-0.3, -0.25) is 14.5 Å². The minimum atomic E-state index is -0.375. The zero-order valence-electron chi connectivity index (χ0n) is 20.9. The maximum absolute atomic E-state index is 13.4. The molecule has 0 aliphatic carbocycles. The van der Waals surface area contributed by atoms with Gasteiger partial charge >= 0.3 is 6.03 Å². The SMILES string of the molecule is C=CC(=O)N1CCC[C@@H](NC(=O)c2sc3nccc4c3c2NC(=O)N4c2ccc(Oc3ccccc3)cc2)C1. The Morgan fingerprint density at radius 3 is 2.64 bits per heavy atom. The number of nitrogens with one attached hydrogen (secondary N) is 2. The van der Waals surface area contributed by atoms with Crippen molar-refractivity contribution < 1.29 is 19.1 Å². The van der Waals surface area contributed by atoms with Crippen LogP contribution in [0.3, 0.4) is 0 Å². The lowest BCUT2D eigenvalue weighted by Gasteiger charge is -2.32. The first-order valence-corrected chi connectivity index (χ1v) is 13.4. The number of rotatable bonds is 6. The number of hydrogen-bond donors (Lipinski definition) is 2. The molecule has 2 aromatic carbocycles. The first-order valence-electron chi connectivity index (χ1n) is 12.6. The maximum Gasteiger partial charge on any atom is 0.331 e. The summed E-state index contributed by atoms with van der Waals surface area (Å²) in [6.45, 7) is 4.62. The molecule has 1 saturated heterocycles. The fourth-order valence-electron chi connectivity index (χ4n) is 4.96. The molecule has 2 N–H and O–H groups in total. The normalized spacial score (nSPS) is 16.5. The first-order chi connectivity index (χ1) is 19.0. The molecule has 4 heterocycles. The molecule has 2 aliphatic rings. The van der Waals surface area contributed by atoms with Crippen molar-refractivity contribution in [1.29, 1.82) is 0 Å². The number of likely N-dealkylation sites (tertiary alicyclic amines) is 1. The number of thiophene rings is 1. The fourth-order valence-corrected chi connectivity index (χ4v) is 5.99. The molecule has 0 bridgehead atoms. The highest BCUT2D eigenvalue weighted by Gasteiger charge is 2.33. The Morgan fingerprint density at radius 1 is 1.10 bits per heavy atom. The number of piperidine rings is 1. The van der Waals surface area contributed by atoms with E-state index >= 15 is 0 Å². The van der Waals surface area contributed by atoms with Crippen LogP contribution in [0.5, 0.6) is 11.5 Å². The highest BCUT2D eigenvalue weighted by atomic mass is 32.1. The highest BCUT2D eigenvalue weighted by Crippen LogP contribution is 2.45. The van der Waals surface area contributed by atoms with E-state index < -0.39 is 0 Å². The molecule has 196 valence electrons. The van der Waals surface area contributed by atoms with Crippen molar-refractivity contribution in [3.63, 3.8) is 0 Å². The van der Waals surface area contributed by atoms with Crippen LogP contribution in [-0.4, -0.2) is 46.9 Å². The van der Waals surface area contributed by atoms with Gasteiger partial charge in [0.1, 0.15) is 21.2 Å². The van der Waals surface area contributed by atoms with Gasteiger partial charge in [0, 0.05) is 25.3 Å². The van der Waals surface area contributed by atoms with Gasteiger partial charge in [0.05, 0.1) is 22.4 Å². The van der Waals surface area contributed by atoms with Crippen LogP contribution < -0.4 is 20.3 Å². The van der Waals surface area contributed by atoms with Crippen LogP contribution in [0.2, 0.25) is 0 Å². The van der Waals surface area contributed by atoms with Crippen LogP contribution in [0.1, 0.15) is 22.5 Å². The summed E-state index contributed by atoms with van der Waals surface area (Å²) in [6, 6.07) is 17.9. The number of urea groups is 1. The predicted octanol–water partition coefficient (Wildman–Crippen LogP) is 5.68. The number of para-hydroxylation sites is 1. The molecule has 0 spiro atoms. The molecule has 4 aromatic rings. The molecule has 9 nitrogen and oxygen atoms in total. The van der Waals surface area contributed by atoms with Gasteiger partial charge < -0.3 is 20.3 Å². The summed E-state index contributed by atoms with van der Waals surface area (Å²) in [5, 5.41) is 6.67. The molecule has 0 unspecified atom stereocenters. The van der Waals surface area contributed by atoms with Gasteiger partial charge in [-0.1, -0.05) is 24.8 Å². The third-order valence-electron chi connectivity index (χ3n) is 6.77. The van der Waals surface area contributed by atoms with Crippen molar-refractivity contribution in [2.75, 3.05) is 23.3 Å². The summed E-state index contributed by atoms with van der Waals surface area (Å²) < 4.78 is 5.88. The van der Waals surface area contributed by atoms with Gasteiger partial charge in [-0.2, -0.15) is 0 Å². The molecule has 39 heavy (non-hydrogen) atoms. The van der Waals surface area contributed by atoms with Crippen LogP contribution in [0.25, 0.3) is 10.2 Å². The number of amides is 4. The Morgan fingerprint density at radius 2 is 1.87 bits per heavy atom. The average Bonchev–Trinajstić information content (AvgIpc) is 3.33. The number of hydrogen-bond acceptors (Lipinski definition) is 6. The molecule has 10 heteroatoms. The van der Waals surface area contributed by atoms with E-state index in [4.69, 9.17) is 4.74 Å². The number of pyridine rings is 1. The molecule has 1 fully saturated rings. The Balaban J connectivity index is 1.27. The lowest BCUT2D eigenvalue weighted by molar-refractivity contribution is -0.127. The van der Waals surface area contributed by atoms with E-state index in [9.17, 15) is 14.4 Å². The molecule has 0 saturated carbocycles. The second-order valence-corrected chi connectivity index (χ2v) is 10.3. The number of aromatic nitrogens is 1. The standard InChI is InChI=1S/C29H25N5O4S/c1-2-23(35)33-16-6-7-18(17-33)31-27(36)26-25-24-22(14-15-30-28(24)39-26)34(29(37)32-25)19-10-12-21(13-11-19)38-20-8-4-3-5-9-20/h2-5,8-15,18H,1,6-7,16-17H2,(H,31,36)(H,32,37)/t18-/m1/s1. The lowest BCUT2D eigenvalue weighted by Crippen LogP contribution is -2.49. The Kier molecular flexibility index (Phi) is 6.45. The Hall–Kier alpha value is -4.70. The van der Waals surface area contributed by atoms with Crippen LogP contribution in [0.15, 0.2) is 79.5 Å². The van der Waals surface area contributed by atoms with Crippen molar-refractivity contribution >= 4 is 56.5 Å². The number of benzene rings is 2. The van der Waals surface area contributed by atoms with Gasteiger partial charge in [-0.05, 0) is 61.4 Å². The summed E-state index contributed by atoms with van der Waals surface area (Å²) in [7, 11) is 0. The Bertz CT molecular complexity index is 1580. The van der Waals surface area contributed by atoms with Gasteiger partial charge in [0.15, 0.2) is 0 Å². The fraction of sp³-hybridized carbons (Fsp3) is 0.172. The topological polar surface area (TPSA) is 104 Å². The van der Waals surface area contributed by atoms with E-state index in [2.05, 4.69) is 22.2 Å². The van der Waals surface area contributed by atoms with E-state index in [1.165, 1.54) is 17.4 Å². The zero-order valence-corrected chi connectivity index (χ0v) is 21.7. The molecular weight excluding hydrogens is 514 g/mol. The highest BCUT2D eigenvalue weighted by molar-refractivity contribution is 7.21. The van der Waals surface area contributed by atoms with Crippen LogP contribution >= 0.6 is 11.3 Å². The second kappa shape index (κ2) is 10.2. The monoisotopic (exact) mass is 539 g/mol. The van der Waals surface area contributed by atoms with Crippen molar-refractivity contribution in [2.45, 2.75) is 18.9 Å². The number of carbonyl (C=O) groups is 3. The molecule has 4 amide bonds. The van der Waals surface area contributed by atoms with Gasteiger partial charge in [-0.15, -0.1) is 11.3 Å². The summed E-state index contributed by atoms with van der Waals surface area (Å²) in [6.07, 6.45) is 4.48. The van der Waals surface area contributed by atoms with Crippen LogP contribution in [0.4, 0.5) is 21.9 Å². The van der Waals surface area contributed by atoms with Crippen LogP contribution in [-0.2, 0) is 4.79 Å². The number of nitrogens with zero attached hydrogens (tertiary/aromatic N) is 3. The number of anilines is 3. The van der Waals surface area contributed by atoms with Gasteiger partial charge in [-0.25, -0.2) is 9.78 Å². The lowest BCUT2D eigenvalue weighted by atomic mass is 10.1. The number of ether oxygens (including phenoxy) is 1. The van der Waals surface area contributed by atoms with Gasteiger partial charge in [0.25, 0.3) is 5.91 Å². The van der Waals surface area contributed by atoms with E-state index in [-0.39, 0.29) is 23.9 Å². The second-order valence-electron chi connectivity index (χ2n) is 9.29. The molecular formula is C29H25N5O4S. The first kappa shape index (κ1) is 24.6. The largest absolute Gasteiger partial charge is 0.457 e. The zero-order chi connectivity index (χ0) is 26.9. The minimum absolute atomic E-state index is 0.147. The third-order valence-corrected chi connectivity index (χ3v) is 7.87. The van der Waals surface area contributed by atoms with E-state index in [1.54, 1.807) is 34.2 Å². The molecule has 0 radical (unpaired) electrons. The van der Waals surface area contributed by atoms with E-state index in [1.807, 2.05) is 42.5 Å². The summed E-state index contributed by atoms with van der Waals surface area (Å²) in [5.41, 5.74) is 1.75. The predicted molar refractivity (Wildman–Crippen MR) is 151 cm³/mol. The van der Waals surface area contributed by atoms with Crippen LogP contribution in [0, 0.1) is 0 Å². The smallest absolute Gasteiger partial charge is 0.331 e. The quantitative estimate of drug-likeness (QED) is 0.307. The summed E-state index contributed by atoms with van der Waals surface area (Å²) in [4.78, 5) is 47.5. The average molecular weight is 540 g/mol. The van der Waals surface area contributed by atoms with Crippen molar-refractivity contribution in [1.82, 2.24) is 15.2 Å². The van der Waals surface area contributed by atoms with Crippen molar-refractivity contribution in [2.24, 2.45) is 0 Å². The maximum atomic E-state index is 13.4. The molecule has 6 rings (SSSR count). The summed E-state index contributed by atoms with van der Waals surface area (Å²) >= 11 is 1.23. The summed E-state index contributed by atoms with van der Waals surface area (Å²) in [5.74, 6) is 0.923. The third kappa shape index (κ3) is 4.70. The Labute approximate surface area is 228 Å². The number of carbonyl (C=O) groups excluding carboxylic acids is 3. The molecule has 1 atom stereocenters. The molecule has 2 aliphatic heterocycles. The van der Waals surface area contributed by atoms with E-state index in [0.717, 1.165) is 18.6 Å². The van der Waals surface area contributed by atoms with Gasteiger partial charge in [0.2, 0.25) is 5.91 Å². The van der Waals surface area contributed by atoms with E-state index in [0.29, 0.717) is 51.0 Å². The molecule has 2 aromatic heterocycles. The van der Waals surface area contributed by atoms with Crippen molar-refractivity contribution in [3.8, 4) is 11.5 Å². The van der Waals surface area contributed by atoms with Crippen molar-refractivity contribution in [3.05, 3.63) is 84.4 Å². The minimum Gasteiger partial charge on any atom is -0.457 e.